The van der Waals surface area contributed by atoms with Gasteiger partial charge in [0.25, 0.3) is 0 Å². The van der Waals surface area contributed by atoms with E-state index in [1.165, 1.54) is 4.90 Å². The van der Waals surface area contributed by atoms with Crippen molar-refractivity contribution < 1.29 is 14.3 Å². The molecule has 0 aliphatic carbocycles. The Morgan fingerprint density at radius 1 is 1.33 bits per heavy atom. The molecular weight excluding hydrogens is 457 g/mol. The summed E-state index contributed by atoms with van der Waals surface area (Å²) in [5, 5.41) is 12.3. The highest BCUT2D eigenvalue weighted by Crippen LogP contribution is 2.21. The second-order valence-corrected chi connectivity index (χ2v) is 8.91. The Bertz CT molecular complexity index is 707. The predicted octanol–water partition coefficient (Wildman–Crippen LogP) is 3.80. The van der Waals surface area contributed by atoms with Gasteiger partial charge in [0.05, 0.1) is 12.0 Å². The van der Waals surface area contributed by atoms with Gasteiger partial charge in [-0.05, 0) is 80.3 Å². The standard InChI is InChI=1S/C20H26IN3O3/c1-20(2,3)27-19(26)24-11-5-4-6-17(24)18(25)23-13-15(12-22)14-7-9-16(21)10-8-14/h7-10,15,17H,4-6,11,13H2,1-3H3,(H,23,25)/t15-,17?/m0/s1. The zero-order valence-electron chi connectivity index (χ0n) is 16.0. The summed E-state index contributed by atoms with van der Waals surface area (Å²) >= 11 is 2.21. The van der Waals surface area contributed by atoms with Crippen molar-refractivity contribution >= 4 is 34.6 Å². The minimum atomic E-state index is -0.605. The lowest BCUT2D eigenvalue weighted by atomic mass is 9.99. The van der Waals surface area contributed by atoms with Gasteiger partial charge in [-0.25, -0.2) is 4.79 Å². The number of halogens is 1. The van der Waals surface area contributed by atoms with E-state index in [2.05, 4.69) is 34.0 Å². The molecule has 1 N–H and O–H groups in total. The van der Waals surface area contributed by atoms with Crippen LogP contribution in [0.4, 0.5) is 4.79 Å². The third-order valence-electron chi connectivity index (χ3n) is 4.34. The number of benzene rings is 1. The number of hydrogen-bond donors (Lipinski definition) is 1. The largest absolute Gasteiger partial charge is 0.444 e. The molecule has 0 saturated carbocycles. The molecule has 2 amide bonds. The van der Waals surface area contributed by atoms with Crippen LogP contribution in [0.1, 0.15) is 51.5 Å². The summed E-state index contributed by atoms with van der Waals surface area (Å²) in [6.45, 7) is 6.15. The molecule has 0 aromatic heterocycles. The Balaban J connectivity index is 2.00. The molecule has 2 rings (SSSR count). The first kappa shape index (κ1) is 21.5. The molecule has 1 unspecified atom stereocenters. The van der Waals surface area contributed by atoms with E-state index in [4.69, 9.17) is 4.74 Å². The molecule has 1 fully saturated rings. The van der Waals surface area contributed by atoms with Crippen molar-refractivity contribution in [3.8, 4) is 6.07 Å². The second-order valence-electron chi connectivity index (χ2n) is 7.66. The fourth-order valence-electron chi connectivity index (χ4n) is 3.00. The summed E-state index contributed by atoms with van der Waals surface area (Å²) in [5.41, 5.74) is 0.262. The highest BCUT2D eigenvalue weighted by Gasteiger charge is 2.34. The summed E-state index contributed by atoms with van der Waals surface area (Å²) in [7, 11) is 0. The van der Waals surface area contributed by atoms with Crippen molar-refractivity contribution in [1.82, 2.24) is 10.2 Å². The number of nitrogens with one attached hydrogen (secondary N) is 1. The molecule has 1 aromatic carbocycles. The summed E-state index contributed by atoms with van der Waals surface area (Å²) < 4.78 is 6.53. The number of hydrogen-bond acceptors (Lipinski definition) is 4. The lowest BCUT2D eigenvalue weighted by Gasteiger charge is -2.35. The van der Waals surface area contributed by atoms with Crippen LogP contribution in [0, 0.1) is 14.9 Å². The molecule has 1 saturated heterocycles. The van der Waals surface area contributed by atoms with Crippen molar-refractivity contribution in [1.29, 1.82) is 5.26 Å². The van der Waals surface area contributed by atoms with E-state index in [-0.39, 0.29) is 12.5 Å². The normalized spacial score (nSPS) is 18.3. The highest BCUT2D eigenvalue weighted by molar-refractivity contribution is 14.1. The lowest BCUT2D eigenvalue weighted by molar-refractivity contribution is -0.127. The zero-order valence-corrected chi connectivity index (χ0v) is 18.2. The number of piperidine rings is 1. The average Bonchev–Trinajstić information content (AvgIpc) is 2.62. The van der Waals surface area contributed by atoms with Crippen molar-refractivity contribution in [2.24, 2.45) is 0 Å². The molecular formula is C20H26IN3O3. The van der Waals surface area contributed by atoms with Crippen LogP contribution in [0.25, 0.3) is 0 Å². The number of ether oxygens (including phenoxy) is 1. The maximum Gasteiger partial charge on any atom is 0.410 e. The number of nitrogens with zero attached hydrogens (tertiary/aromatic N) is 2. The van der Waals surface area contributed by atoms with Crippen LogP contribution in [-0.4, -0.2) is 41.6 Å². The minimum Gasteiger partial charge on any atom is -0.444 e. The predicted molar refractivity (Wildman–Crippen MR) is 111 cm³/mol. The van der Waals surface area contributed by atoms with Gasteiger partial charge in [0.1, 0.15) is 11.6 Å². The third-order valence-corrected chi connectivity index (χ3v) is 5.06. The fraction of sp³-hybridized carbons (Fsp3) is 0.550. The topological polar surface area (TPSA) is 82.4 Å². The summed E-state index contributed by atoms with van der Waals surface area (Å²) in [4.78, 5) is 26.7. The van der Waals surface area contributed by atoms with E-state index < -0.39 is 23.7 Å². The molecule has 1 aliphatic rings. The van der Waals surface area contributed by atoms with Crippen LogP contribution in [0.5, 0.6) is 0 Å². The zero-order chi connectivity index (χ0) is 20.0. The average molecular weight is 483 g/mol. The first-order valence-corrected chi connectivity index (χ1v) is 10.2. The number of carbonyl (C=O) groups excluding carboxylic acids is 2. The molecule has 1 heterocycles. The Morgan fingerprint density at radius 2 is 2.00 bits per heavy atom. The molecule has 0 bridgehead atoms. The Labute approximate surface area is 174 Å². The van der Waals surface area contributed by atoms with Crippen molar-refractivity contribution in [3.63, 3.8) is 0 Å². The lowest BCUT2D eigenvalue weighted by Crippen LogP contribution is -2.53. The maximum absolute atomic E-state index is 12.7. The van der Waals surface area contributed by atoms with E-state index >= 15 is 0 Å². The van der Waals surface area contributed by atoms with Crippen LogP contribution in [-0.2, 0) is 9.53 Å². The molecule has 2 atom stereocenters. The van der Waals surface area contributed by atoms with Crippen LogP contribution < -0.4 is 5.32 Å². The van der Waals surface area contributed by atoms with Crippen LogP contribution in [0.15, 0.2) is 24.3 Å². The Kier molecular flexibility index (Phi) is 7.48. The van der Waals surface area contributed by atoms with Crippen LogP contribution in [0.2, 0.25) is 0 Å². The van der Waals surface area contributed by atoms with Crippen LogP contribution in [0.3, 0.4) is 0 Å². The van der Waals surface area contributed by atoms with E-state index in [0.29, 0.717) is 13.0 Å². The van der Waals surface area contributed by atoms with E-state index in [9.17, 15) is 14.9 Å². The SMILES string of the molecule is CC(C)(C)OC(=O)N1CCCCC1C(=O)NC[C@H](C#N)c1ccc(I)cc1. The van der Waals surface area contributed by atoms with Crippen molar-refractivity contribution in [2.75, 3.05) is 13.1 Å². The van der Waals surface area contributed by atoms with Gasteiger partial charge in [0, 0.05) is 16.7 Å². The van der Waals surface area contributed by atoms with Gasteiger partial charge in [0.2, 0.25) is 5.91 Å². The highest BCUT2D eigenvalue weighted by atomic mass is 127. The summed E-state index contributed by atoms with van der Waals surface area (Å²) in [6.07, 6.45) is 1.88. The van der Waals surface area contributed by atoms with Crippen molar-refractivity contribution in [3.05, 3.63) is 33.4 Å². The molecule has 1 aliphatic heterocycles. The number of likely N-dealkylation sites (tertiary alicyclic amines) is 1. The smallest absolute Gasteiger partial charge is 0.410 e. The quantitative estimate of drug-likeness (QED) is 0.661. The molecule has 27 heavy (non-hydrogen) atoms. The van der Waals surface area contributed by atoms with Crippen LogP contribution >= 0.6 is 22.6 Å². The van der Waals surface area contributed by atoms with Gasteiger partial charge in [-0.15, -0.1) is 0 Å². The molecule has 146 valence electrons. The second kappa shape index (κ2) is 9.40. The Hall–Kier alpha value is -1.82. The maximum atomic E-state index is 12.7. The van der Waals surface area contributed by atoms with Gasteiger partial charge < -0.3 is 10.1 Å². The summed E-state index contributed by atoms with van der Waals surface area (Å²) in [5.74, 6) is -0.657. The third kappa shape index (κ3) is 6.38. The number of rotatable bonds is 4. The Morgan fingerprint density at radius 3 is 2.59 bits per heavy atom. The molecule has 6 nitrogen and oxygen atoms in total. The number of amides is 2. The van der Waals surface area contributed by atoms with Gasteiger partial charge in [-0.3, -0.25) is 9.69 Å². The molecule has 7 heteroatoms. The first-order chi connectivity index (χ1) is 12.7. The van der Waals surface area contributed by atoms with E-state index in [1.54, 1.807) is 0 Å². The van der Waals surface area contributed by atoms with Gasteiger partial charge in [-0.2, -0.15) is 5.26 Å². The van der Waals surface area contributed by atoms with Crippen molar-refractivity contribution in [2.45, 2.75) is 57.6 Å². The fourth-order valence-corrected chi connectivity index (χ4v) is 3.36. The summed E-state index contributed by atoms with van der Waals surface area (Å²) in [6, 6.07) is 9.36. The van der Waals surface area contributed by atoms with Gasteiger partial charge in [0.15, 0.2) is 0 Å². The monoisotopic (exact) mass is 483 g/mol. The van der Waals surface area contributed by atoms with Gasteiger partial charge in [-0.1, -0.05) is 12.1 Å². The molecule has 1 aromatic rings. The minimum absolute atomic E-state index is 0.217. The van der Waals surface area contributed by atoms with E-state index in [1.807, 2.05) is 45.0 Å². The van der Waals surface area contributed by atoms with E-state index in [0.717, 1.165) is 22.0 Å². The number of nitriles is 1. The van der Waals surface area contributed by atoms with Gasteiger partial charge >= 0.3 is 6.09 Å². The number of carbonyl (C=O) groups is 2. The molecule has 0 radical (unpaired) electrons. The molecule has 0 spiro atoms. The first-order valence-electron chi connectivity index (χ1n) is 9.13.